The van der Waals surface area contributed by atoms with Crippen molar-refractivity contribution in [2.45, 2.75) is 12.6 Å². The van der Waals surface area contributed by atoms with E-state index in [0.717, 1.165) is 24.1 Å². The first-order valence-electron chi connectivity index (χ1n) is 8.69. The third-order valence-electron chi connectivity index (χ3n) is 4.65. The van der Waals surface area contributed by atoms with Crippen LogP contribution < -0.4 is 17.1 Å². The molecule has 0 bridgehead atoms. The van der Waals surface area contributed by atoms with E-state index >= 15 is 0 Å². The molecule has 26 heavy (non-hydrogen) atoms. The fourth-order valence-electron chi connectivity index (χ4n) is 3.35. The van der Waals surface area contributed by atoms with Crippen molar-refractivity contribution < 1.29 is 35.9 Å². The molecule has 0 aromatic heterocycles. The van der Waals surface area contributed by atoms with Crippen molar-refractivity contribution in [3.63, 3.8) is 0 Å². The second-order valence-corrected chi connectivity index (χ2v) is 6.62. The number of rotatable bonds is 7. The topological polar surface area (TPSA) is 38.7 Å². The van der Waals surface area contributed by atoms with Crippen molar-refractivity contribution >= 4 is 0 Å². The molecule has 2 aromatic rings. The molecule has 6 heteroatoms. The Kier molecular flexibility index (Phi) is 7.85. The maximum Gasteiger partial charge on any atom is 0.165 e. The summed E-state index contributed by atoms with van der Waals surface area (Å²) < 4.78 is 25.4. The average Bonchev–Trinajstić information content (AvgIpc) is 2.62. The van der Waals surface area contributed by atoms with Crippen LogP contribution in [-0.4, -0.2) is 55.1 Å². The Morgan fingerprint density at radius 2 is 1.69 bits per heavy atom. The number of morpholine rings is 1. The van der Waals surface area contributed by atoms with Crippen LogP contribution in [0.2, 0.25) is 0 Å². The van der Waals surface area contributed by atoms with E-state index in [4.69, 9.17) is 9.47 Å². The van der Waals surface area contributed by atoms with Crippen LogP contribution in [0.15, 0.2) is 54.6 Å². The SMILES string of the molecule is OC(COc1ccccc1F)C[N+]1(Cc2ccccc2)CCOCC1.[Cl-]. The average molecular weight is 382 g/mol. The Morgan fingerprint density at radius 3 is 2.38 bits per heavy atom. The number of aliphatic hydroxyl groups is 1. The minimum Gasteiger partial charge on any atom is -1.00 e. The highest BCUT2D eigenvalue weighted by Gasteiger charge is 2.33. The fraction of sp³-hybridized carbons (Fsp3) is 0.400. The molecular formula is C20H25ClFNO3. The van der Waals surface area contributed by atoms with E-state index in [1.54, 1.807) is 18.2 Å². The van der Waals surface area contributed by atoms with Crippen LogP contribution in [0.25, 0.3) is 0 Å². The van der Waals surface area contributed by atoms with Gasteiger partial charge in [0.2, 0.25) is 0 Å². The first kappa shape index (κ1) is 20.6. The molecule has 1 aliphatic heterocycles. The Bertz CT molecular complexity index is 665. The Labute approximate surface area is 160 Å². The molecule has 0 spiro atoms. The lowest BCUT2D eigenvalue weighted by atomic mass is 10.1. The number of nitrogens with zero attached hydrogens (tertiary/aromatic N) is 1. The summed E-state index contributed by atoms with van der Waals surface area (Å²) in [4.78, 5) is 0. The molecule has 1 N–H and O–H groups in total. The second-order valence-electron chi connectivity index (χ2n) is 6.62. The smallest absolute Gasteiger partial charge is 0.165 e. The quantitative estimate of drug-likeness (QED) is 0.664. The van der Waals surface area contributed by atoms with Gasteiger partial charge in [-0.3, -0.25) is 0 Å². The van der Waals surface area contributed by atoms with Crippen LogP contribution >= 0.6 is 0 Å². The second kappa shape index (κ2) is 9.88. The molecule has 4 nitrogen and oxygen atoms in total. The zero-order valence-electron chi connectivity index (χ0n) is 14.7. The molecule has 1 saturated heterocycles. The zero-order chi connectivity index (χ0) is 17.5. The summed E-state index contributed by atoms with van der Waals surface area (Å²) in [6.07, 6.45) is -0.665. The van der Waals surface area contributed by atoms with Crippen LogP contribution in [0.3, 0.4) is 0 Å². The van der Waals surface area contributed by atoms with E-state index < -0.39 is 11.9 Å². The van der Waals surface area contributed by atoms with Gasteiger partial charge < -0.3 is 31.5 Å². The number of quaternary nitrogens is 1. The zero-order valence-corrected chi connectivity index (χ0v) is 15.4. The first-order chi connectivity index (χ1) is 12.2. The predicted octanol–water partition coefficient (Wildman–Crippen LogP) is -0.383. The van der Waals surface area contributed by atoms with Gasteiger partial charge in [0.25, 0.3) is 0 Å². The molecule has 0 saturated carbocycles. The molecule has 0 aliphatic carbocycles. The highest BCUT2D eigenvalue weighted by Crippen LogP contribution is 2.20. The van der Waals surface area contributed by atoms with Crippen LogP contribution in [-0.2, 0) is 11.3 Å². The molecule has 0 radical (unpaired) electrons. The summed E-state index contributed by atoms with van der Waals surface area (Å²) >= 11 is 0. The molecule has 2 aromatic carbocycles. The first-order valence-corrected chi connectivity index (χ1v) is 8.69. The normalized spacial score (nSPS) is 17.2. The number of para-hydroxylation sites is 1. The van der Waals surface area contributed by atoms with Gasteiger partial charge in [0, 0.05) is 5.56 Å². The Morgan fingerprint density at radius 1 is 1.04 bits per heavy atom. The van der Waals surface area contributed by atoms with Gasteiger partial charge in [-0.2, -0.15) is 0 Å². The van der Waals surface area contributed by atoms with E-state index in [1.165, 1.54) is 11.6 Å². The molecule has 1 aliphatic rings. The van der Waals surface area contributed by atoms with Crippen molar-refractivity contribution in [2.24, 2.45) is 0 Å². The molecule has 1 unspecified atom stereocenters. The summed E-state index contributed by atoms with van der Waals surface area (Å²) in [6, 6.07) is 16.6. The van der Waals surface area contributed by atoms with Crippen molar-refractivity contribution in [3.05, 3.63) is 66.0 Å². The van der Waals surface area contributed by atoms with Gasteiger partial charge in [0.1, 0.15) is 38.9 Å². The third-order valence-corrected chi connectivity index (χ3v) is 4.65. The highest BCUT2D eigenvalue weighted by atomic mass is 35.5. The Hall–Kier alpha value is -1.66. The number of benzene rings is 2. The number of hydrogen-bond acceptors (Lipinski definition) is 3. The van der Waals surface area contributed by atoms with E-state index in [-0.39, 0.29) is 24.8 Å². The summed E-state index contributed by atoms with van der Waals surface area (Å²) in [5.74, 6) is -0.229. The van der Waals surface area contributed by atoms with Gasteiger partial charge in [0.05, 0.1) is 13.2 Å². The molecule has 1 atom stereocenters. The van der Waals surface area contributed by atoms with E-state index in [1.807, 2.05) is 18.2 Å². The van der Waals surface area contributed by atoms with Crippen LogP contribution in [0.5, 0.6) is 5.75 Å². The number of ether oxygens (including phenoxy) is 2. The predicted molar refractivity (Wildman–Crippen MR) is 93.7 cm³/mol. The number of hydrogen-bond donors (Lipinski definition) is 1. The molecular weight excluding hydrogens is 357 g/mol. The van der Waals surface area contributed by atoms with Crippen molar-refractivity contribution in [2.75, 3.05) is 39.5 Å². The Balaban J connectivity index is 0.00000243. The van der Waals surface area contributed by atoms with E-state index in [0.29, 0.717) is 19.8 Å². The summed E-state index contributed by atoms with van der Waals surface area (Å²) in [5.41, 5.74) is 1.24. The number of aliphatic hydroxyl groups excluding tert-OH is 1. The standard InChI is InChI=1S/C20H25FNO3.ClH/c21-19-8-4-5-9-20(19)25-16-18(23)15-22(10-12-24-13-11-22)14-17-6-2-1-3-7-17;/h1-9,18,23H,10-16H2;1H/q+1;/p-1. The van der Waals surface area contributed by atoms with E-state index in [2.05, 4.69) is 12.1 Å². The van der Waals surface area contributed by atoms with Gasteiger partial charge in [-0.15, -0.1) is 0 Å². The fourth-order valence-corrected chi connectivity index (χ4v) is 3.35. The van der Waals surface area contributed by atoms with Crippen molar-refractivity contribution in [1.82, 2.24) is 0 Å². The molecule has 1 fully saturated rings. The minimum atomic E-state index is -0.665. The molecule has 1 heterocycles. The van der Waals surface area contributed by atoms with Crippen LogP contribution in [0, 0.1) is 5.82 Å². The summed E-state index contributed by atoms with van der Waals surface area (Å²) in [6.45, 7) is 4.57. The third kappa shape index (κ3) is 5.68. The summed E-state index contributed by atoms with van der Waals surface area (Å²) in [5, 5.41) is 10.5. The maximum absolute atomic E-state index is 13.6. The lowest BCUT2D eigenvalue weighted by molar-refractivity contribution is -0.950. The van der Waals surface area contributed by atoms with Gasteiger partial charge in [-0.1, -0.05) is 42.5 Å². The monoisotopic (exact) mass is 381 g/mol. The van der Waals surface area contributed by atoms with Gasteiger partial charge >= 0.3 is 0 Å². The summed E-state index contributed by atoms with van der Waals surface area (Å²) in [7, 11) is 0. The van der Waals surface area contributed by atoms with E-state index in [9.17, 15) is 9.50 Å². The lowest BCUT2D eigenvalue weighted by Gasteiger charge is -2.42. The van der Waals surface area contributed by atoms with Gasteiger partial charge in [-0.05, 0) is 12.1 Å². The van der Waals surface area contributed by atoms with Gasteiger partial charge in [0.15, 0.2) is 11.6 Å². The molecule has 3 rings (SSSR count). The lowest BCUT2D eigenvalue weighted by Crippen LogP contribution is -3.00. The molecule has 0 amide bonds. The number of halogens is 2. The minimum absolute atomic E-state index is 0. The van der Waals surface area contributed by atoms with Crippen molar-refractivity contribution in [1.29, 1.82) is 0 Å². The highest BCUT2D eigenvalue weighted by molar-refractivity contribution is 5.23. The van der Waals surface area contributed by atoms with Crippen molar-refractivity contribution in [3.8, 4) is 5.75 Å². The largest absolute Gasteiger partial charge is 1.00 e. The van der Waals surface area contributed by atoms with Gasteiger partial charge in [-0.25, -0.2) is 4.39 Å². The molecule has 142 valence electrons. The maximum atomic E-state index is 13.6. The van der Waals surface area contributed by atoms with Crippen LogP contribution in [0.1, 0.15) is 5.56 Å². The van der Waals surface area contributed by atoms with Crippen LogP contribution in [0.4, 0.5) is 4.39 Å².